The molecule has 12 nitrogen and oxygen atoms in total. The minimum absolute atomic E-state index is 0.00457. The Hall–Kier alpha value is -5.46. The second kappa shape index (κ2) is 22.6. The molecule has 0 saturated carbocycles. The number of ketones is 2. The van der Waals surface area contributed by atoms with E-state index >= 15 is 0 Å². The first kappa shape index (κ1) is 42.9. The number of ether oxygens (including phenoxy) is 3. The Kier molecular flexibility index (Phi) is 18.0. The molecule has 0 aliphatic heterocycles. The Labute approximate surface area is 316 Å². The maximum Gasteiger partial charge on any atom is 0.306 e. The average Bonchev–Trinajstić information content (AvgIpc) is 3.15. The predicted molar refractivity (Wildman–Crippen MR) is 205 cm³/mol. The number of carbonyl (C=O) groups excluding carboxylic acids is 6. The summed E-state index contributed by atoms with van der Waals surface area (Å²) in [6.45, 7) is 10.3. The number of esters is 1. The van der Waals surface area contributed by atoms with Crippen LogP contribution in [-0.4, -0.2) is 73.8 Å². The van der Waals surface area contributed by atoms with Crippen molar-refractivity contribution < 1.29 is 43.0 Å². The molecule has 0 saturated heterocycles. The number of carbonyl (C=O) groups is 6. The quantitative estimate of drug-likeness (QED) is 0.0497. The molecule has 12 heteroatoms. The molecular weight excluding hydrogens is 690 g/mol. The minimum Gasteiger partial charge on any atom is -0.461 e. The van der Waals surface area contributed by atoms with Crippen LogP contribution in [0.3, 0.4) is 0 Å². The number of hydrogen-bond acceptors (Lipinski definition) is 9. The van der Waals surface area contributed by atoms with Crippen molar-refractivity contribution in [1.82, 2.24) is 10.6 Å². The van der Waals surface area contributed by atoms with Gasteiger partial charge in [-0.05, 0) is 40.7 Å². The summed E-state index contributed by atoms with van der Waals surface area (Å²) in [4.78, 5) is 79.5. The fraction of sp³-hybridized carbons (Fsp3) is 0.381. The molecule has 3 aromatic rings. The van der Waals surface area contributed by atoms with Crippen LogP contribution in [0.5, 0.6) is 0 Å². The van der Waals surface area contributed by atoms with Gasteiger partial charge in [-0.3, -0.25) is 28.8 Å². The van der Waals surface area contributed by atoms with E-state index < -0.39 is 65.8 Å². The molecule has 0 heterocycles. The number of hydrogen-bond donors (Lipinski definition) is 3. The van der Waals surface area contributed by atoms with Gasteiger partial charge in [0.1, 0.15) is 18.7 Å². The molecule has 3 aromatic carbocycles. The molecule has 4 unspecified atom stereocenters. The number of fused-ring (bicyclic) bond motifs is 1. The average molecular weight is 742 g/mol. The SMILES string of the molecule is C=CCOCC(NC(=O)C(=O)C(COCC=C)NC(=O)C(CC(=O)OCc1ccccc1)CC(C)C)C(=O)CC(Cc1ccc2ccccc2c1)C(N)=O. The first-order valence-electron chi connectivity index (χ1n) is 17.9. The molecule has 288 valence electrons. The van der Waals surface area contributed by atoms with E-state index in [1.165, 1.54) is 12.2 Å². The number of rotatable bonds is 25. The lowest BCUT2D eigenvalue weighted by atomic mass is 9.90. The Balaban J connectivity index is 1.73. The molecule has 3 rings (SSSR count). The maximum absolute atomic E-state index is 13.6. The number of nitrogens with two attached hydrogens (primary N) is 1. The van der Waals surface area contributed by atoms with Crippen LogP contribution in [0.1, 0.15) is 44.2 Å². The van der Waals surface area contributed by atoms with Crippen molar-refractivity contribution in [3.63, 3.8) is 0 Å². The highest BCUT2D eigenvalue weighted by Crippen LogP contribution is 2.21. The first-order chi connectivity index (χ1) is 25.9. The van der Waals surface area contributed by atoms with E-state index in [2.05, 4.69) is 23.8 Å². The zero-order valence-corrected chi connectivity index (χ0v) is 31.0. The smallest absolute Gasteiger partial charge is 0.306 e. The number of Topliss-reactive ketones (excluding diaryl/α,β-unsaturated/α-hetero) is 2. The molecule has 54 heavy (non-hydrogen) atoms. The van der Waals surface area contributed by atoms with Gasteiger partial charge in [0, 0.05) is 18.3 Å². The molecule has 0 aliphatic carbocycles. The lowest BCUT2D eigenvalue weighted by Crippen LogP contribution is -2.55. The third kappa shape index (κ3) is 14.5. The second-order valence-electron chi connectivity index (χ2n) is 13.4. The maximum atomic E-state index is 13.6. The molecule has 0 bridgehead atoms. The molecular formula is C42H51N3O9. The molecule has 0 radical (unpaired) electrons. The summed E-state index contributed by atoms with van der Waals surface area (Å²) < 4.78 is 16.3. The molecule has 0 spiro atoms. The number of primary amides is 1. The van der Waals surface area contributed by atoms with E-state index in [0.29, 0.717) is 6.42 Å². The van der Waals surface area contributed by atoms with E-state index in [0.717, 1.165) is 21.9 Å². The van der Waals surface area contributed by atoms with Crippen LogP contribution >= 0.6 is 0 Å². The summed E-state index contributed by atoms with van der Waals surface area (Å²) in [5.41, 5.74) is 7.30. The third-order valence-corrected chi connectivity index (χ3v) is 8.52. The number of benzene rings is 3. The highest BCUT2D eigenvalue weighted by atomic mass is 16.5. The van der Waals surface area contributed by atoms with E-state index in [1.54, 1.807) is 0 Å². The predicted octanol–water partition coefficient (Wildman–Crippen LogP) is 4.18. The lowest BCUT2D eigenvalue weighted by Gasteiger charge is -2.24. The summed E-state index contributed by atoms with van der Waals surface area (Å²) in [6.07, 6.45) is 2.77. The summed E-state index contributed by atoms with van der Waals surface area (Å²) in [5, 5.41) is 6.98. The van der Waals surface area contributed by atoms with Crippen LogP contribution in [0.4, 0.5) is 0 Å². The van der Waals surface area contributed by atoms with Crippen molar-refractivity contribution in [3.8, 4) is 0 Å². The number of amides is 3. The lowest BCUT2D eigenvalue weighted by molar-refractivity contribution is -0.149. The summed E-state index contributed by atoms with van der Waals surface area (Å²) in [5.74, 6) is -6.59. The van der Waals surface area contributed by atoms with E-state index in [4.69, 9.17) is 19.9 Å². The van der Waals surface area contributed by atoms with Crippen molar-refractivity contribution in [2.24, 2.45) is 23.5 Å². The molecule has 0 aromatic heterocycles. The van der Waals surface area contributed by atoms with E-state index in [-0.39, 0.29) is 51.6 Å². The molecule has 4 atom stereocenters. The normalized spacial score (nSPS) is 13.2. The Morgan fingerprint density at radius 1 is 0.741 bits per heavy atom. The third-order valence-electron chi connectivity index (χ3n) is 8.52. The number of nitrogens with one attached hydrogen (secondary N) is 2. The minimum atomic E-state index is -1.47. The largest absolute Gasteiger partial charge is 0.461 e. The standard InChI is InChI=1S/C42H51N3O9/c1-5-18-52-26-35(37(46)23-33(40(43)49)22-30-16-17-31-14-10-11-15-32(31)21-30)44-42(51)39(48)36(27-53-19-6-2)45-41(50)34(20-28(3)4)24-38(47)54-25-29-12-8-7-9-13-29/h5-17,21,28,33-36H,1-2,18-20,22-27H2,3-4H3,(H2,43,49)(H,44,51)(H,45,50). The second-order valence-corrected chi connectivity index (χ2v) is 13.4. The monoisotopic (exact) mass is 741 g/mol. The fourth-order valence-electron chi connectivity index (χ4n) is 5.77. The fourth-order valence-corrected chi connectivity index (χ4v) is 5.77. The van der Waals surface area contributed by atoms with Crippen molar-refractivity contribution >= 4 is 46.0 Å². The van der Waals surface area contributed by atoms with Gasteiger partial charge in [0.2, 0.25) is 17.6 Å². The molecule has 0 aliphatic rings. The van der Waals surface area contributed by atoms with E-state index in [1.807, 2.05) is 86.6 Å². The summed E-state index contributed by atoms with van der Waals surface area (Å²) >= 11 is 0. The Bertz CT molecular complexity index is 1760. The van der Waals surface area contributed by atoms with Crippen LogP contribution in [0.2, 0.25) is 0 Å². The van der Waals surface area contributed by atoms with Gasteiger partial charge in [0.15, 0.2) is 5.78 Å². The van der Waals surface area contributed by atoms with Crippen LogP contribution < -0.4 is 16.4 Å². The van der Waals surface area contributed by atoms with Gasteiger partial charge in [0.05, 0.1) is 32.8 Å². The highest BCUT2D eigenvalue weighted by Gasteiger charge is 2.34. The molecule has 0 fully saturated rings. The van der Waals surface area contributed by atoms with Crippen molar-refractivity contribution in [2.45, 2.75) is 58.2 Å². The van der Waals surface area contributed by atoms with Crippen LogP contribution in [0, 0.1) is 17.8 Å². The van der Waals surface area contributed by atoms with Crippen molar-refractivity contribution in [1.29, 1.82) is 0 Å². The van der Waals surface area contributed by atoms with Gasteiger partial charge in [-0.25, -0.2) is 0 Å². The summed E-state index contributed by atoms with van der Waals surface area (Å²) in [7, 11) is 0. The zero-order chi connectivity index (χ0) is 39.5. The highest BCUT2D eigenvalue weighted by molar-refractivity contribution is 6.39. The van der Waals surface area contributed by atoms with Crippen LogP contribution in [0.25, 0.3) is 10.8 Å². The Morgan fingerprint density at radius 3 is 2.00 bits per heavy atom. The van der Waals surface area contributed by atoms with Gasteiger partial charge in [-0.1, -0.05) is 98.8 Å². The zero-order valence-electron chi connectivity index (χ0n) is 31.0. The van der Waals surface area contributed by atoms with Gasteiger partial charge < -0.3 is 30.6 Å². The van der Waals surface area contributed by atoms with Crippen LogP contribution in [0.15, 0.2) is 98.1 Å². The van der Waals surface area contributed by atoms with Gasteiger partial charge >= 0.3 is 5.97 Å². The van der Waals surface area contributed by atoms with Crippen molar-refractivity contribution in [3.05, 3.63) is 109 Å². The first-order valence-corrected chi connectivity index (χ1v) is 17.9. The Morgan fingerprint density at radius 2 is 1.37 bits per heavy atom. The van der Waals surface area contributed by atoms with Gasteiger partial charge in [-0.2, -0.15) is 0 Å². The van der Waals surface area contributed by atoms with Gasteiger partial charge in [0.25, 0.3) is 5.91 Å². The topological polar surface area (TPSA) is 180 Å². The van der Waals surface area contributed by atoms with Gasteiger partial charge in [-0.15, -0.1) is 13.2 Å². The van der Waals surface area contributed by atoms with Crippen LogP contribution in [-0.2, 0) is 56.0 Å². The van der Waals surface area contributed by atoms with Crippen molar-refractivity contribution in [2.75, 3.05) is 26.4 Å². The molecule has 3 amide bonds. The molecule has 4 N–H and O–H groups in total. The summed E-state index contributed by atoms with van der Waals surface area (Å²) in [6, 6.07) is 19.7. The van der Waals surface area contributed by atoms with E-state index in [9.17, 15) is 28.8 Å².